The summed E-state index contributed by atoms with van der Waals surface area (Å²) in [5.41, 5.74) is -4.63. The van der Waals surface area contributed by atoms with Gasteiger partial charge in [0.2, 0.25) is 0 Å². The third-order valence-corrected chi connectivity index (χ3v) is 3.59. The molecule has 0 N–H and O–H groups in total. The van der Waals surface area contributed by atoms with Crippen LogP contribution >= 0.6 is 34.4 Å². The van der Waals surface area contributed by atoms with Crippen LogP contribution in [-0.4, -0.2) is 18.1 Å². The standard InChI is InChI=1S/C11H7F3INO2S/c1-2-18-10(17)7-4-9(19-11(12,13)14)6(5-16)3-8(7)15/h3-4H,2H2,1H3. The number of rotatable bonds is 3. The fourth-order valence-corrected chi connectivity index (χ4v) is 2.54. The second kappa shape index (κ2) is 6.47. The van der Waals surface area contributed by atoms with Crippen molar-refractivity contribution < 1.29 is 22.7 Å². The van der Waals surface area contributed by atoms with Crippen molar-refractivity contribution >= 4 is 40.3 Å². The van der Waals surface area contributed by atoms with Gasteiger partial charge in [0.25, 0.3) is 0 Å². The second-order valence-electron chi connectivity index (χ2n) is 3.21. The second-order valence-corrected chi connectivity index (χ2v) is 5.48. The van der Waals surface area contributed by atoms with E-state index >= 15 is 0 Å². The molecule has 0 spiro atoms. The van der Waals surface area contributed by atoms with Crippen molar-refractivity contribution in [3.63, 3.8) is 0 Å². The maximum Gasteiger partial charge on any atom is 0.446 e. The summed E-state index contributed by atoms with van der Waals surface area (Å²) in [7, 11) is 0. The molecule has 19 heavy (non-hydrogen) atoms. The van der Waals surface area contributed by atoms with Crippen LogP contribution in [0.4, 0.5) is 13.2 Å². The first-order valence-corrected chi connectivity index (χ1v) is 6.84. The first-order valence-electron chi connectivity index (χ1n) is 4.95. The summed E-state index contributed by atoms with van der Waals surface area (Å²) in [4.78, 5) is 11.3. The van der Waals surface area contributed by atoms with E-state index in [0.717, 1.165) is 6.07 Å². The molecule has 0 aromatic heterocycles. The fourth-order valence-electron chi connectivity index (χ4n) is 1.22. The lowest BCUT2D eigenvalue weighted by atomic mass is 10.1. The Morgan fingerprint density at radius 3 is 2.63 bits per heavy atom. The Morgan fingerprint density at radius 2 is 2.16 bits per heavy atom. The van der Waals surface area contributed by atoms with Crippen LogP contribution in [0.25, 0.3) is 0 Å². The third-order valence-electron chi connectivity index (χ3n) is 1.91. The molecule has 0 bridgehead atoms. The Labute approximate surface area is 125 Å². The van der Waals surface area contributed by atoms with Crippen LogP contribution in [-0.2, 0) is 4.74 Å². The highest BCUT2D eigenvalue weighted by molar-refractivity contribution is 14.1. The lowest BCUT2D eigenvalue weighted by molar-refractivity contribution is -0.0328. The molecule has 0 unspecified atom stereocenters. The predicted octanol–water partition coefficient (Wildman–Crippen LogP) is 3.95. The highest BCUT2D eigenvalue weighted by atomic mass is 127. The molecule has 8 heteroatoms. The lowest BCUT2D eigenvalue weighted by Crippen LogP contribution is -2.08. The first kappa shape index (κ1) is 16.1. The summed E-state index contributed by atoms with van der Waals surface area (Å²) in [5, 5.41) is 8.82. The van der Waals surface area contributed by atoms with Crippen molar-refractivity contribution in [3.05, 3.63) is 26.8 Å². The van der Waals surface area contributed by atoms with Crippen LogP contribution < -0.4 is 0 Å². The van der Waals surface area contributed by atoms with Crippen molar-refractivity contribution in [2.24, 2.45) is 0 Å². The molecule has 0 aliphatic heterocycles. The molecule has 0 fully saturated rings. The van der Waals surface area contributed by atoms with Crippen LogP contribution in [0.3, 0.4) is 0 Å². The summed E-state index contributed by atoms with van der Waals surface area (Å²) >= 11 is 1.35. The van der Waals surface area contributed by atoms with Crippen LogP contribution in [0, 0.1) is 14.9 Å². The van der Waals surface area contributed by atoms with Gasteiger partial charge in [-0.05, 0) is 53.4 Å². The molecule has 1 aromatic rings. The van der Waals surface area contributed by atoms with Crippen LogP contribution in [0.2, 0.25) is 0 Å². The Balaban J connectivity index is 3.26. The van der Waals surface area contributed by atoms with E-state index in [9.17, 15) is 18.0 Å². The van der Waals surface area contributed by atoms with E-state index < -0.39 is 23.2 Å². The summed E-state index contributed by atoms with van der Waals surface area (Å²) < 4.78 is 42.2. The highest BCUT2D eigenvalue weighted by Crippen LogP contribution is 2.39. The van der Waals surface area contributed by atoms with Crippen LogP contribution in [0.5, 0.6) is 0 Å². The minimum atomic E-state index is -4.52. The number of hydrogen-bond acceptors (Lipinski definition) is 4. The van der Waals surface area contributed by atoms with Crippen molar-refractivity contribution in [1.82, 2.24) is 0 Å². The van der Waals surface area contributed by atoms with Gasteiger partial charge >= 0.3 is 11.5 Å². The minimum absolute atomic E-state index is 0.0215. The number of esters is 1. The maximum absolute atomic E-state index is 12.4. The molecule has 3 nitrogen and oxygen atoms in total. The number of ether oxygens (including phenoxy) is 1. The van der Waals surface area contributed by atoms with Gasteiger partial charge in [-0.1, -0.05) is 0 Å². The van der Waals surface area contributed by atoms with Crippen molar-refractivity contribution in [2.75, 3.05) is 6.61 Å². The zero-order valence-electron chi connectivity index (χ0n) is 9.55. The average Bonchev–Trinajstić information content (AvgIpc) is 2.29. The Morgan fingerprint density at radius 1 is 1.53 bits per heavy atom. The number of halogens is 4. The Hall–Kier alpha value is -0.950. The van der Waals surface area contributed by atoms with Crippen molar-refractivity contribution in [2.45, 2.75) is 17.3 Å². The molecule has 0 saturated heterocycles. The normalized spacial score (nSPS) is 10.9. The van der Waals surface area contributed by atoms with Gasteiger partial charge in [0.05, 0.1) is 17.7 Å². The molecular weight excluding hydrogens is 394 g/mol. The zero-order valence-corrected chi connectivity index (χ0v) is 12.5. The smallest absolute Gasteiger partial charge is 0.446 e. The SMILES string of the molecule is CCOC(=O)c1cc(SC(F)(F)F)c(C#N)cc1I. The topological polar surface area (TPSA) is 50.1 Å². The number of nitrogens with zero attached hydrogens (tertiary/aromatic N) is 1. The Bertz CT molecular complexity index is 540. The van der Waals surface area contributed by atoms with Gasteiger partial charge in [-0.3, -0.25) is 0 Å². The number of carbonyl (C=O) groups excluding carboxylic acids is 1. The first-order chi connectivity index (χ1) is 8.78. The number of carbonyl (C=O) groups is 1. The van der Waals surface area contributed by atoms with E-state index in [4.69, 9.17) is 10.00 Å². The van der Waals surface area contributed by atoms with Crippen LogP contribution in [0.1, 0.15) is 22.8 Å². The molecule has 0 amide bonds. The summed E-state index contributed by atoms with van der Waals surface area (Å²) in [6.45, 7) is 1.72. The Kier molecular flexibility index (Phi) is 5.49. The highest BCUT2D eigenvalue weighted by Gasteiger charge is 2.31. The average molecular weight is 401 g/mol. The molecule has 1 rings (SSSR count). The van der Waals surface area contributed by atoms with E-state index in [2.05, 4.69) is 0 Å². The number of benzene rings is 1. The number of nitriles is 1. The molecule has 0 saturated carbocycles. The monoisotopic (exact) mass is 401 g/mol. The fraction of sp³-hybridized carbons (Fsp3) is 0.273. The molecule has 0 heterocycles. The molecule has 0 atom stereocenters. The zero-order chi connectivity index (χ0) is 14.6. The number of hydrogen-bond donors (Lipinski definition) is 0. The molecule has 0 aliphatic rings. The van der Waals surface area contributed by atoms with Gasteiger partial charge in [-0.2, -0.15) is 18.4 Å². The minimum Gasteiger partial charge on any atom is -0.462 e. The summed E-state index contributed by atoms with van der Waals surface area (Å²) in [6, 6.07) is 3.95. The van der Waals surface area contributed by atoms with Crippen molar-refractivity contribution in [1.29, 1.82) is 5.26 Å². The molecule has 1 aromatic carbocycles. The molecule has 0 aliphatic carbocycles. The number of alkyl halides is 3. The van der Waals surface area contributed by atoms with Gasteiger partial charge in [-0.15, -0.1) is 0 Å². The molecular formula is C11H7F3INO2S. The summed E-state index contributed by atoms with van der Waals surface area (Å²) in [5.74, 6) is -0.708. The van der Waals surface area contributed by atoms with E-state index in [-0.39, 0.29) is 22.6 Å². The van der Waals surface area contributed by atoms with Crippen LogP contribution in [0.15, 0.2) is 17.0 Å². The van der Waals surface area contributed by atoms with E-state index in [1.165, 1.54) is 6.07 Å². The van der Waals surface area contributed by atoms with E-state index in [1.54, 1.807) is 35.6 Å². The third kappa shape index (κ3) is 4.58. The van der Waals surface area contributed by atoms with Gasteiger partial charge < -0.3 is 4.74 Å². The lowest BCUT2D eigenvalue weighted by Gasteiger charge is -2.10. The van der Waals surface area contributed by atoms with Gasteiger partial charge in [0.15, 0.2) is 0 Å². The molecule has 102 valence electrons. The maximum atomic E-state index is 12.4. The largest absolute Gasteiger partial charge is 0.462 e. The van der Waals surface area contributed by atoms with Gasteiger partial charge in [0, 0.05) is 8.47 Å². The quantitative estimate of drug-likeness (QED) is 0.437. The van der Waals surface area contributed by atoms with E-state index in [1.807, 2.05) is 0 Å². The van der Waals surface area contributed by atoms with Gasteiger partial charge in [0.1, 0.15) is 6.07 Å². The predicted molar refractivity (Wildman–Crippen MR) is 71.7 cm³/mol. The molecule has 0 radical (unpaired) electrons. The summed E-state index contributed by atoms with van der Waals surface area (Å²) in [6.07, 6.45) is 0. The van der Waals surface area contributed by atoms with Crippen molar-refractivity contribution in [3.8, 4) is 6.07 Å². The van der Waals surface area contributed by atoms with E-state index in [0.29, 0.717) is 3.57 Å². The van der Waals surface area contributed by atoms with Gasteiger partial charge in [-0.25, -0.2) is 4.79 Å². The number of thioether (sulfide) groups is 1.